The van der Waals surface area contributed by atoms with Crippen molar-refractivity contribution in [2.75, 3.05) is 26.7 Å². The van der Waals surface area contributed by atoms with Crippen molar-refractivity contribution in [1.29, 1.82) is 0 Å². The summed E-state index contributed by atoms with van der Waals surface area (Å²) in [5.41, 5.74) is -0.310. The van der Waals surface area contributed by atoms with Crippen LogP contribution in [0.3, 0.4) is 0 Å². The summed E-state index contributed by atoms with van der Waals surface area (Å²) in [6, 6.07) is 3.99. The molecule has 9 heteroatoms. The maximum atomic E-state index is 11.8. The zero-order valence-electron chi connectivity index (χ0n) is 15.1. The highest BCUT2D eigenvalue weighted by Crippen LogP contribution is 2.33. The van der Waals surface area contributed by atoms with E-state index in [4.69, 9.17) is 9.15 Å². The van der Waals surface area contributed by atoms with Gasteiger partial charge >= 0.3 is 6.09 Å². The molecule has 140 valence electrons. The summed E-state index contributed by atoms with van der Waals surface area (Å²) in [6.45, 7) is 3.33. The number of furan rings is 1. The molecule has 0 saturated carbocycles. The van der Waals surface area contributed by atoms with Gasteiger partial charge in [0.25, 0.3) is 0 Å². The molecule has 2 aromatic rings. The molecule has 0 unspecified atom stereocenters. The Balaban J connectivity index is 1.35. The third-order valence-electron chi connectivity index (χ3n) is 5.01. The molecule has 0 aliphatic carbocycles. The minimum Gasteiger partial charge on any atom is -0.453 e. The Morgan fingerprint density at radius 3 is 2.88 bits per heavy atom. The molecule has 1 atom stereocenters. The summed E-state index contributed by atoms with van der Waals surface area (Å²) in [6.07, 6.45) is 4.28. The number of hydrogen-bond donors (Lipinski definition) is 0. The van der Waals surface area contributed by atoms with Crippen LogP contribution < -0.4 is 0 Å². The van der Waals surface area contributed by atoms with Gasteiger partial charge in [0.05, 0.1) is 13.1 Å². The van der Waals surface area contributed by atoms with Crippen LogP contribution in [0.25, 0.3) is 0 Å². The molecule has 26 heavy (non-hydrogen) atoms. The van der Waals surface area contributed by atoms with Crippen LogP contribution in [0, 0.1) is 0 Å². The number of rotatable bonds is 4. The molecule has 2 fully saturated rings. The van der Waals surface area contributed by atoms with E-state index in [1.807, 2.05) is 23.7 Å². The first-order valence-electron chi connectivity index (χ1n) is 8.80. The SMILES string of the molecule is CN1C[C@]2(CCCN(Cc3ccc(Sc4nncn4C)o3)CC2)OC1=O. The molecule has 1 spiro atoms. The first kappa shape index (κ1) is 17.4. The van der Waals surface area contributed by atoms with Gasteiger partial charge in [-0.15, -0.1) is 10.2 Å². The second-order valence-corrected chi connectivity index (χ2v) is 8.06. The van der Waals surface area contributed by atoms with Crippen LogP contribution in [-0.2, 0) is 18.3 Å². The number of carbonyl (C=O) groups excluding carboxylic acids is 1. The Labute approximate surface area is 156 Å². The lowest BCUT2D eigenvalue weighted by Gasteiger charge is -2.25. The monoisotopic (exact) mass is 377 g/mol. The number of hydrogen-bond acceptors (Lipinski definition) is 7. The molecule has 2 aromatic heterocycles. The third-order valence-corrected chi connectivity index (χ3v) is 5.98. The number of aryl methyl sites for hydroxylation is 1. The van der Waals surface area contributed by atoms with E-state index in [1.54, 1.807) is 18.3 Å². The van der Waals surface area contributed by atoms with Gasteiger partial charge in [0.15, 0.2) is 10.2 Å². The average molecular weight is 377 g/mol. The Hall–Kier alpha value is -2.00. The van der Waals surface area contributed by atoms with Gasteiger partial charge in [0.1, 0.15) is 17.7 Å². The molecule has 2 aliphatic rings. The predicted molar refractivity (Wildman–Crippen MR) is 94.8 cm³/mol. The van der Waals surface area contributed by atoms with Crippen LogP contribution in [0.15, 0.2) is 33.1 Å². The Kier molecular flexibility index (Phi) is 4.66. The van der Waals surface area contributed by atoms with Crippen LogP contribution in [0.1, 0.15) is 25.0 Å². The first-order chi connectivity index (χ1) is 12.5. The zero-order valence-corrected chi connectivity index (χ0v) is 15.9. The number of ether oxygens (including phenoxy) is 1. The zero-order chi connectivity index (χ0) is 18.1. The second kappa shape index (κ2) is 6.96. The summed E-state index contributed by atoms with van der Waals surface area (Å²) in [7, 11) is 3.71. The van der Waals surface area contributed by atoms with Crippen molar-refractivity contribution in [1.82, 2.24) is 24.6 Å². The number of likely N-dealkylation sites (N-methyl/N-ethyl adjacent to an activating group) is 1. The van der Waals surface area contributed by atoms with E-state index >= 15 is 0 Å². The van der Waals surface area contributed by atoms with Gasteiger partial charge in [-0.05, 0) is 43.3 Å². The topological polar surface area (TPSA) is 76.6 Å². The highest BCUT2D eigenvalue weighted by atomic mass is 32.2. The van der Waals surface area contributed by atoms with Gasteiger partial charge < -0.3 is 18.6 Å². The van der Waals surface area contributed by atoms with Crippen LogP contribution in [-0.4, -0.2) is 62.9 Å². The fourth-order valence-electron chi connectivity index (χ4n) is 3.61. The van der Waals surface area contributed by atoms with E-state index in [-0.39, 0.29) is 11.7 Å². The van der Waals surface area contributed by atoms with E-state index in [0.717, 1.165) is 54.9 Å². The van der Waals surface area contributed by atoms with Gasteiger partial charge in [-0.1, -0.05) is 0 Å². The lowest BCUT2D eigenvalue weighted by molar-refractivity contribution is 0.0441. The largest absolute Gasteiger partial charge is 0.453 e. The van der Waals surface area contributed by atoms with Crippen molar-refractivity contribution >= 4 is 17.9 Å². The summed E-state index contributed by atoms with van der Waals surface area (Å²) < 4.78 is 13.5. The minimum atomic E-state index is -0.310. The quantitative estimate of drug-likeness (QED) is 0.809. The average Bonchev–Trinajstić information content (AvgIpc) is 3.24. The molecule has 8 nitrogen and oxygen atoms in total. The molecule has 4 rings (SSSR count). The summed E-state index contributed by atoms with van der Waals surface area (Å²) >= 11 is 1.46. The third kappa shape index (κ3) is 3.59. The van der Waals surface area contributed by atoms with Crippen LogP contribution in [0.4, 0.5) is 4.79 Å². The summed E-state index contributed by atoms with van der Waals surface area (Å²) in [4.78, 5) is 15.8. The molecule has 2 aliphatic heterocycles. The highest BCUT2D eigenvalue weighted by Gasteiger charge is 2.44. The molecule has 1 amide bonds. The van der Waals surface area contributed by atoms with Crippen molar-refractivity contribution in [3.8, 4) is 0 Å². The van der Waals surface area contributed by atoms with E-state index in [2.05, 4.69) is 15.1 Å². The highest BCUT2D eigenvalue weighted by molar-refractivity contribution is 7.99. The van der Waals surface area contributed by atoms with E-state index in [9.17, 15) is 4.79 Å². The predicted octanol–water partition coefficient (Wildman–Crippen LogP) is 2.37. The normalized spacial score (nSPS) is 24.2. The molecule has 0 bridgehead atoms. The molecule has 2 saturated heterocycles. The summed E-state index contributed by atoms with van der Waals surface area (Å²) in [5.74, 6) is 0.936. The van der Waals surface area contributed by atoms with Crippen molar-refractivity contribution in [3.05, 3.63) is 24.2 Å². The van der Waals surface area contributed by atoms with Crippen LogP contribution in [0.5, 0.6) is 0 Å². The standard InChI is InChI=1S/C17H23N5O3S/c1-20-11-17(25-16(20)23)6-3-8-22(9-7-17)10-13-4-5-14(24-13)26-15-19-18-12-21(15)2/h4-5,12H,3,6-11H2,1-2H3/t17-/m1/s1. The Bertz CT molecular complexity index is 791. The van der Waals surface area contributed by atoms with Crippen molar-refractivity contribution in [2.24, 2.45) is 7.05 Å². The summed E-state index contributed by atoms with van der Waals surface area (Å²) in [5, 5.41) is 9.55. The lowest BCUT2D eigenvalue weighted by Crippen LogP contribution is -2.35. The smallest absolute Gasteiger partial charge is 0.410 e. The first-order valence-corrected chi connectivity index (χ1v) is 9.62. The van der Waals surface area contributed by atoms with Crippen molar-refractivity contribution in [3.63, 3.8) is 0 Å². The molecule has 0 radical (unpaired) electrons. The number of likely N-dealkylation sites (tertiary alicyclic amines) is 1. The molecule has 0 aromatic carbocycles. The lowest BCUT2D eigenvalue weighted by atomic mass is 9.95. The van der Waals surface area contributed by atoms with Gasteiger partial charge in [-0.25, -0.2) is 4.79 Å². The van der Waals surface area contributed by atoms with E-state index in [1.165, 1.54) is 11.8 Å². The van der Waals surface area contributed by atoms with Crippen LogP contribution in [0.2, 0.25) is 0 Å². The Morgan fingerprint density at radius 2 is 2.15 bits per heavy atom. The molecule has 0 N–H and O–H groups in total. The van der Waals surface area contributed by atoms with Gasteiger partial charge in [0, 0.05) is 27.1 Å². The van der Waals surface area contributed by atoms with Gasteiger partial charge in [-0.2, -0.15) is 0 Å². The molecule has 4 heterocycles. The number of amides is 1. The van der Waals surface area contributed by atoms with Gasteiger partial charge in [-0.3, -0.25) is 4.90 Å². The van der Waals surface area contributed by atoms with Crippen molar-refractivity contribution in [2.45, 2.75) is 41.7 Å². The number of aromatic nitrogens is 3. The molecular formula is C17H23N5O3S. The van der Waals surface area contributed by atoms with E-state index < -0.39 is 0 Å². The second-order valence-electron chi connectivity index (χ2n) is 7.08. The van der Waals surface area contributed by atoms with Crippen molar-refractivity contribution < 1.29 is 13.9 Å². The maximum absolute atomic E-state index is 11.8. The van der Waals surface area contributed by atoms with E-state index in [0.29, 0.717) is 6.54 Å². The fraction of sp³-hybridized carbons (Fsp3) is 0.588. The Morgan fingerprint density at radius 1 is 1.27 bits per heavy atom. The van der Waals surface area contributed by atoms with Gasteiger partial charge in [0.2, 0.25) is 0 Å². The minimum absolute atomic E-state index is 0.199. The molecular weight excluding hydrogens is 354 g/mol. The number of carbonyl (C=O) groups is 1. The van der Waals surface area contributed by atoms with Crippen LogP contribution >= 0.6 is 11.8 Å². The number of nitrogens with zero attached hydrogens (tertiary/aromatic N) is 5. The fourth-order valence-corrected chi connectivity index (χ4v) is 4.35. The maximum Gasteiger partial charge on any atom is 0.410 e.